The first kappa shape index (κ1) is 28.4. The number of imide groups is 1. The number of urea groups is 1. The molecule has 1 aliphatic heterocycles. The molecule has 0 radical (unpaired) electrons. The van der Waals surface area contributed by atoms with Crippen LogP contribution < -0.4 is 20.0 Å². The van der Waals surface area contributed by atoms with Crippen molar-refractivity contribution in [3.05, 3.63) is 72.3 Å². The average Bonchev–Trinajstić information content (AvgIpc) is 2.86. The molecule has 0 unspecified atom stereocenters. The summed E-state index contributed by atoms with van der Waals surface area (Å²) in [6.07, 6.45) is -1.34. The maximum atomic E-state index is 14.1. The van der Waals surface area contributed by atoms with Crippen LogP contribution in [0.2, 0.25) is 0 Å². The molecule has 0 saturated heterocycles. The standard InChI is InChI=1S/C26H27N5O4S.Na.H/c1-28(2)18-10-12-20-22(14-18)36-23-15-19(29(3)4)11-13-21(23)31(20)26(35)30(16-27-25(33)34)24(32)17-8-6-5-7-9-17;;/h5-15,27H,16H2,1-4H3,(H,33,34);;. The van der Waals surface area contributed by atoms with Gasteiger partial charge in [0.25, 0.3) is 5.91 Å². The van der Waals surface area contributed by atoms with Crippen molar-refractivity contribution in [3.8, 4) is 0 Å². The van der Waals surface area contributed by atoms with Crippen LogP contribution in [-0.4, -0.2) is 92.5 Å². The third-order valence-electron chi connectivity index (χ3n) is 5.70. The van der Waals surface area contributed by atoms with E-state index in [1.54, 1.807) is 42.1 Å². The zero-order chi connectivity index (χ0) is 26.0. The van der Waals surface area contributed by atoms with E-state index < -0.39 is 24.7 Å². The molecule has 0 aromatic heterocycles. The number of hydrogen-bond donors (Lipinski definition) is 2. The average molecular weight is 530 g/mol. The van der Waals surface area contributed by atoms with Gasteiger partial charge in [0, 0.05) is 54.9 Å². The number of carbonyl (C=O) groups excluding carboxylic acids is 2. The van der Waals surface area contributed by atoms with Crippen molar-refractivity contribution in [1.82, 2.24) is 10.2 Å². The number of carboxylic acid groups (broad SMARTS) is 1. The van der Waals surface area contributed by atoms with E-state index in [0.717, 1.165) is 26.1 Å². The SMILES string of the molecule is CN(C)c1ccc2c(c1)Sc1cc(N(C)C)ccc1N2C(=O)N(CNC(=O)O)C(=O)c1ccccc1.[NaH]. The molecule has 0 bridgehead atoms. The van der Waals surface area contributed by atoms with Gasteiger partial charge in [-0.15, -0.1) is 0 Å². The Morgan fingerprint density at radius 1 is 0.838 bits per heavy atom. The summed E-state index contributed by atoms with van der Waals surface area (Å²) in [5.41, 5.74) is 3.43. The van der Waals surface area contributed by atoms with Gasteiger partial charge in [0.1, 0.15) is 6.67 Å². The fourth-order valence-electron chi connectivity index (χ4n) is 3.78. The summed E-state index contributed by atoms with van der Waals surface area (Å²) in [7, 11) is 7.75. The van der Waals surface area contributed by atoms with E-state index >= 15 is 0 Å². The first-order chi connectivity index (χ1) is 17.2. The Labute approximate surface area is 242 Å². The molecular weight excluding hydrogens is 501 g/mol. The van der Waals surface area contributed by atoms with E-state index in [1.807, 2.05) is 74.4 Å². The minimum atomic E-state index is -1.34. The Hall–Kier alpha value is -3.18. The Bertz CT molecular complexity index is 1260. The second-order valence-electron chi connectivity index (χ2n) is 8.55. The quantitative estimate of drug-likeness (QED) is 0.377. The van der Waals surface area contributed by atoms with Crippen LogP contribution in [0.5, 0.6) is 0 Å². The third kappa shape index (κ3) is 6.04. The molecule has 11 heteroatoms. The molecule has 3 aromatic rings. The Morgan fingerprint density at radius 3 is 1.81 bits per heavy atom. The molecule has 0 saturated carbocycles. The molecule has 188 valence electrons. The van der Waals surface area contributed by atoms with Gasteiger partial charge >= 0.3 is 41.7 Å². The van der Waals surface area contributed by atoms with Gasteiger partial charge in [-0.2, -0.15) is 0 Å². The van der Waals surface area contributed by atoms with Crippen LogP contribution in [0.3, 0.4) is 0 Å². The molecule has 9 nitrogen and oxygen atoms in total. The molecule has 4 rings (SSSR count). The molecule has 37 heavy (non-hydrogen) atoms. The Kier molecular flexibility index (Phi) is 9.14. The van der Waals surface area contributed by atoms with Gasteiger partial charge in [0.15, 0.2) is 0 Å². The summed E-state index contributed by atoms with van der Waals surface area (Å²) in [5.74, 6) is -0.606. The first-order valence-corrected chi connectivity index (χ1v) is 12.0. The van der Waals surface area contributed by atoms with Crippen LogP contribution in [0.1, 0.15) is 10.4 Å². The molecule has 0 atom stereocenters. The van der Waals surface area contributed by atoms with Gasteiger partial charge in [-0.3, -0.25) is 9.69 Å². The van der Waals surface area contributed by atoms with E-state index in [2.05, 4.69) is 5.32 Å². The third-order valence-corrected chi connectivity index (χ3v) is 6.79. The molecule has 0 fully saturated rings. The monoisotopic (exact) mass is 529 g/mol. The number of nitrogens with one attached hydrogen (secondary N) is 1. The van der Waals surface area contributed by atoms with Crippen molar-refractivity contribution in [2.75, 3.05) is 49.6 Å². The molecule has 0 aliphatic carbocycles. The van der Waals surface area contributed by atoms with Crippen LogP contribution >= 0.6 is 11.8 Å². The van der Waals surface area contributed by atoms with Gasteiger partial charge in [0.05, 0.1) is 11.4 Å². The van der Waals surface area contributed by atoms with E-state index in [-0.39, 0.29) is 35.1 Å². The Morgan fingerprint density at radius 2 is 1.35 bits per heavy atom. The number of amides is 4. The van der Waals surface area contributed by atoms with Crippen LogP contribution in [0.25, 0.3) is 0 Å². The topological polar surface area (TPSA) is 96.4 Å². The van der Waals surface area contributed by atoms with Gasteiger partial charge in [-0.05, 0) is 48.5 Å². The van der Waals surface area contributed by atoms with Crippen LogP contribution in [0.4, 0.5) is 32.3 Å². The van der Waals surface area contributed by atoms with Crippen molar-refractivity contribution in [2.24, 2.45) is 0 Å². The van der Waals surface area contributed by atoms with Crippen LogP contribution in [-0.2, 0) is 0 Å². The summed E-state index contributed by atoms with van der Waals surface area (Å²) >= 11 is 1.54. The van der Waals surface area contributed by atoms with Crippen molar-refractivity contribution < 1.29 is 19.5 Å². The van der Waals surface area contributed by atoms with Gasteiger partial charge in [-0.1, -0.05) is 30.0 Å². The molecule has 0 spiro atoms. The number of carbonyl (C=O) groups is 3. The number of hydrogen-bond acceptors (Lipinski definition) is 6. The zero-order valence-corrected chi connectivity index (χ0v) is 21.2. The molecular formula is C26H28N5NaO4S. The van der Waals surface area contributed by atoms with E-state index in [0.29, 0.717) is 11.4 Å². The summed E-state index contributed by atoms with van der Waals surface area (Å²) in [4.78, 5) is 46.7. The zero-order valence-electron chi connectivity index (χ0n) is 20.4. The second-order valence-corrected chi connectivity index (χ2v) is 9.64. The second kappa shape index (κ2) is 11.9. The van der Waals surface area contributed by atoms with Crippen molar-refractivity contribution in [1.29, 1.82) is 0 Å². The summed E-state index contributed by atoms with van der Waals surface area (Å²) in [6.45, 7) is -0.498. The van der Waals surface area contributed by atoms with Crippen molar-refractivity contribution in [3.63, 3.8) is 0 Å². The van der Waals surface area contributed by atoms with Crippen LogP contribution in [0, 0.1) is 0 Å². The molecule has 1 aliphatic rings. The number of rotatable bonds is 5. The summed E-state index contributed by atoms with van der Waals surface area (Å²) < 4.78 is 0. The normalized spacial score (nSPS) is 11.4. The van der Waals surface area contributed by atoms with Gasteiger partial charge in [0.2, 0.25) is 0 Å². The fraction of sp³-hybridized carbons (Fsp3) is 0.192. The van der Waals surface area contributed by atoms with Crippen molar-refractivity contribution in [2.45, 2.75) is 9.79 Å². The van der Waals surface area contributed by atoms with Gasteiger partial charge < -0.3 is 20.2 Å². The summed E-state index contributed by atoms with van der Waals surface area (Å²) in [5, 5.41) is 11.4. The number of benzene rings is 3. The molecule has 2 N–H and O–H groups in total. The van der Waals surface area contributed by atoms with E-state index in [4.69, 9.17) is 0 Å². The fourth-order valence-corrected chi connectivity index (χ4v) is 4.90. The number of nitrogens with zero attached hydrogens (tertiary/aromatic N) is 4. The predicted molar refractivity (Wildman–Crippen MR) is 149 cm³/mol. The first-order valence-electron chi connectivity index (χ1n) is 11.2. The molecule has 4 amide bonds. The van der Waals surface area contributed by atoms with Gasteiger partial charge in [-0.25, -0.2) is 14.5 Å². The van der Waals surface area contributed by atoms with E-state index in [1.165, 1.54) is 4.90 Å². The number of anilines is 4. The predicted octanol–water partition coefficient (Wildman–Crippen LogP) is 4.26. The van der Waals surface area contributed by atoms with E-state index in [9.17, 15) is 19.5 Å². The molecule has 3 aromatic carbocycles. The minimum absolute atomic E-state index is 0. The maximum absolute atomic E-state index is 14.1. The van der Waals surface area contributed by atoms with Crippen LogP contribution in [0.15, 0.2) is 76.5 Å². The molecule has 1 heterocycles. The summed E-state index contributed by atoms with van der Waals surface area (Å²) in [6, 6.07) is 19.1. The number of fused-ring (bicyclic) bond motifs is 2. The van der Waals surface area contributed by atoms with Crippen molar-refractivity contribution >= 4 is 82.1 Å². The Balaban J connectivity index is 0.00000380.